The maximum atomic E-state index is 11.8. The molecular weight excluding hydrogens is 507 g/mol. The number of carbonyl (C=O) groups excluding carboxylic acids is 1. The van der Waals surface area contributed by atoms with Crippen LogP contribution >= 0.6 is 24.0 Å². The molecule has 2 aromatic rings. The summed E-state index contributed by atoms with van der Waals surface area (Å²) in [6.07, 6.45) is 2.53. The molecule has 0 atom stereocenters. The minimum atomic E-state index is 0. The molecule has 4 rings (SSSR count). The molecule has 0 radical (unpaired) electrons. The predicted octanol–water partition coefficient (Wildman–Crippen LogP) is 3.78. The summed E-state index contributed by atoms with van der Waals surface area (Å²) in [7, 11) is 1.74. The van der Waals surface area contributed by atoms with Crippen LogP contribution in [0.15, 0.2) is 47.5 Å². The van der Waals surface area contributed by atoms with E-state index in [-0.39, 0.29) is 29.9 Å². The predicted molar refractivity (Wildman–Crippen MR) is 132 cm³/mol. The zero-order valence-electron chi connectivity index (χ0n) is 17.7. The van der Waals surface area contributed by atoms with Gasteiger partial charge in [0.2, 0.25) is 5.91 Å². The second-order valence-electron chi connectivity index (χ2n) is 7.50. The van der Waals surface area contributed by atoms with Crippen molar-refractivity contribution in [2.45, 2.75) is 32.4 Å². The number of rotatable bonds is 5. The topological polar surface area (TPSA) is 75.2 Å². The summed E-state index contributed by atoms with van der Waals surface area (Å²) in [5.74, 6) is 2.46. The van der Waals surface area contributed by atoms with Gasteiger partial charge in [0, 0.05) is 51.3 Å². The number of benzene rings is 2. The molecule has 2 N–H and O–H groups in total. The molecule has 1 fully saturated rings. The van der Waals surface area contributed by atoms with Gasteiger partial charge < -0.3 is 25.0 Å². The number of halogens is 1. The quantitative estimate of drug-likeness (QED) is 0.346. The van der Waals surface area contributed by atoms with Crippen LogP contribution < -0.4 is 20.1 Å². The van der Waals surface area contributed by atoms with Crippen LogP contribution in [0.4, 0.5) is 5.69 Å². The summed E-state index contributed by atoms with van der Waals surface area (Å²) in [6, 6.07) is 14.1. The number of guanidine groups is 1. The van der Waals surface area contributed by atoms with Crippen molar-refractivity contribution in [1.29, 1.82) is 0 Å². The van der Waals surface area contributed by atoms with Crippen molar-refractivity contribution in [2.24, 2.45) is 4.99 Å². The summed E-state index contributed by atoms with van der Waals surface area (Å²) in [4.78, 5) is 18.0. The molecule has 0 aromatic heterocycles. The third-order valence-electron chi connectivity index (χ3n) is 5.26. The molecule has 1 amide bonds. The molecule has 2 aliphatic rings. The van der Waals surface area contributed by atoms with Crippen LogP contribution in [0, 0.1) is 0 Å². The van der Waals surface area contributed by atoms with Crippen molar-refractivity contribution in [3.8, 4) is 11.5 Å². The van der Waals surface area contributed by atoms with Crippen LogP contribution in [-0.2, 0) is 17.9 Å². The molecule has 166 valence electrons. The van der Waals surface area contributed by atoms with Gasteiger partial charge in [0.15, 0.2) is 17.5 Å². The first-order valence-electron chi connectivity index (χ1n) is 10.4. The summed E-state index contributed by atoms with van der Waals surface area (Å²) in [5.41, 5.74) is 3.19. The molecule has 0 bridgehead atoms. The van der Waals surface area contributed by atoms with E-state index in [2.05, 4.69) is 39.9 Å². The number of carbonyl (C=O) groups is 1. The van der Waals surface area contributed by atoms with E-state index in [1.165, 1.54) is 0 Å². The Labute approximate surface area is 200 Å². The Morgan fingerprint density at radius 2 is 1.77 bits per heavy atom. The van der Waals surface area contributed by atoms with Crippen LogP contribution in [0.2, 0.25) is 0 Å². The van der Waals surface area contributed by atoms with Gasteiger partial charge in [-0.2, -0.15) is 0 Å². The van der Waals surface area contributed by atoms with Crippen LogP contribution in [0.25, 0.3) is 0 Å². The van der Waals surface area contributed by atoms with Gasteiger partial charge in [-0.1, -0.05) is 24.3 Å². The summed E-state index contributed by atoms with van der Waals surface area (Å²) in [6.45, 7) is 3.54. The number of ether oxygens (including phenoxy) is 2. The Kier molecular flexibility index (Phi) is 8.39. The van der Waals surface area contributed by atoms with E-state index in [1.807, 2.05) is 23.1 Å². The Hall–Kier alpha value is -2.49. The van der Waals surface area contributed by atoms with Gasteiger partial charge in [-0.15, -0.1) is 24.0 Å². The smallest absolute Gasteiger partial charge is 0.222 e. The maximum Gasteiger partial charge on any atom is 0.222 e. The highest BCUT2D eigenvalue weighted by atomic mass is 127. The minimum absolute atomic E-state index is 0. The second-order valence-corrected chi connectivity index (χ2v) is 7.50. The van der Waals surface area contributed by atoms with Crippen LogP contribution in [-0.4, -0.2) is 43.6 Å². The van der Waals surface area contributed by atoms with E-state index >= 15 is 0 Å². The van der Waals surface area contributed by atoms with E-state index in [9.17, 15) is 4.79 Å². The van der Waals surface area contributed by atoms with Crippen molar-refractivity contribution < 1.29 is 14.3 Å². The zero-order valence-corrected chi connectivity index (χ0v) is 20.1. The second kappa shape index (κ2) is 11.2. The standard InChI is InChI=1S/C23H28N4O3.HI/c1-24-23(26-19-9-10-20-21(14-19)30-13-3-12-29-20)25-15-17-5-7-18(8-6-17)16-27-11-2-4-22(27)28;/h5-10,14H,2-4,11-13,15-16H2,1H3,(H2,24,25,26);1H. The molecule has 0 spiro atoms. The van der Waals surface area contributed by atoms with E-state index in [0.29, 0.717) is 38.7 Å². The van der Waals surface area contributed by atoms with Gasteiger partial charge in [0.1, 0.15) is 0 Å². The fraction of sp³-hybridized carbons (Fsp3) is 0.391. The summed E-state index contributed by atoms with van der Waals surface area (Å²) >= 11 is 0. The van der Waals surface area contributed by atoms with Crippen molar-refractivity contribution in [2.75, 3.05) is 32.1 Å². The van der Waals surface area contributed by atoms with E-state index < -0.39 is 0 Å². The van der Waals surface area contributed by atoms with Crippen molar-refractivity contribution in [3.05, 3.63) is 53.6 Å². The molecule has 31 heavy (non-hydrogen) atoms. The molecule has 0 unspecified atom stereocenters. The van der Waals surface area contributed by atoms with Gasteiger partial charge in [-0.05, 0) is 29.7 Å². The number of amides is 1. The Bertz CT molecular complexity index is 918. The van der Waals surface area contributed by atoms with Gasteiger partial charge in [0.25, 0.3) is 0 Å². The van der Waals surface area contributed by atoms with Gasteiger partial charge in [-0.3, -0.25) is 9.79 Å². The molecule has 1 saturated heterocycles. The molecular formula is C23H29IN4O3. The lowest BCUT2D eigenvalue weighted by molar-refractivity contribution is -0.128. The Morgan fingerprint density at radius 3 is 2.48 bits per heavy atom. The molecule has 8 heteroatoms. The van der Waals surface area contributed by atoms with E-state index in [4.69, 9.17) is 9.47 Å². The molecule has 2 aromatic carbocycles. The van der Waals surface area contributed by atoms with Gasteiger partial charge in [-0.25, -0.2) is 0 Å². The first kappa shape index (κ1) is 23.2. The molecule has 7 nitrogen and oxygen atoms in total. The van der Waals surface area contributed by atoms with Gasteiger partial charge in [0.05, 0.1) is 13.2 Å². The third kappa shape index (κ3) is 6.25. The maximum absolute atomic E-state index is 11.8. The molecule has 2 heterocycles. The van der Waals surface area contributed by atoms with Crippen molar-refractivity contribution in [1.82, 2.24) is 10.2 Å². The lowest BCUT2D eigenvalue weighted by atomic mass is 10.1. The fourth-order valence-corrected chi connectivity index (χ4v) is 3.60. The average Bonchev–Trinajstić information content (AvgIpc) is 3.02. The minimum Gasteiger partial charge on any atom is -0.490 e. The largest absolute Gasteiger partial charge is 0.490 e. The van der Waals surface area contributed by atoms with E-state index in [1.54, 1.807) is 7.05 Å². The number of aliphatic imine (C=N–C) groups is 1. The lowest BCUT2D eigenvalue weighted by Gasteiger charge is -2.16. The number of anilines is 1. The molecule has 2 aliphatic heterocycles. The average molecular weight is 536 g/mol. The van der Waals surface area contributed by atoms with Crippen LogP contribution in [0.1, 0.15) is 30.4 Å². The highest BCUT2D eigenvalue weighted by molar-refractivity contribution is 14.0. The highest BCUT2D eigenvalue weighted by Crippen LogP contribution is 2.32. The molecule has 0 saturated carbocycles. The van der Waals surface area contributed by atoms with Crippen LogP contribution in [0.3, 0.4) is 0 Å². The number of fused-ring (bicyclic) bond motifs is 1. The Balaban J connectivity index is 0.00000272. The number of nitrogens with zero attached hydrogens (tertiary/aromatic N) is 2. The fourth-order valence-electron chi connectivity index (χ4n) is 3.60. The number of hydrogen-bond donors (Lipinski definition) is 2. The summed E-state index contributed by atoms with van der Waals surface area (Å²) in [5, 5.41) is 6.62. The van der Waals surface area contributed by atoms with Crippen molar-refractivity contribution in [3.63, 3.8) is 0 Å². The SMILES string of the molecule is CN=C(NCc1ccc(CN2CCCC2=O)cc1)Nc1ccc2c(c1)OCCCO2.I. The van der Waals surface area contributed by atoms with Crippen LogP contribution in [0.5, 0.6) is 11.5 Å². The number of likely N-dealkylation sites (tertiary alicyclic amines) is 1. The number of nitrogens with one attached hydrogen (secondary N) is 2. The Morgan fingerprint density at radius 1 is 1.03 bits per heavy atom. The van der Waals surface area contributed by atoms with Gasteiger partial charge >= 0.3 is 0 Å². The van der Waals surface area contributed by atoms with Crippen molar-refractivity contribution >= 4 is 41.5 Å². The highest BCUT2D eigenvalue weighted by Gasteiger charge is 2.19. The molecule has 0 aliphatic carbocycles. The third-order valence-corrected chi connectivity index (χ3v) is 5.26. The number of hydrogen-bond acceptors (Lipinski definition) is 4. The zero-order chi connectivity index (χ0) is 20.8. The monoisotopic (exact) mass is 536 g/mol. The first-order chi connectivity index (χ1) is 14.7. The summed E-state index contributed by atoms with van der Waals surface area (Å²) < 4.78 is 11.4. The van der Waals surface area contributed by atoms with E-state index in [0.717, 1.165) is 47.7 Å². The normalized spacial score (nSPS) is 15.8. The lowest BCUT2D eigenvalue weighted by Crippen LogP contribution is -2.30. The first-order valence-corrected chi connectivity index (χ1v) is 10.4.